The highest BCUT2D eigenvalue weighted by molar-refractivity contribution is 5.89. The quantitative estimate of drug-likeness (QED) is 0.603. The van der Waals surface area contributed by atoms with Crippen molar-refractivity contribution in [3.63, 3.8) is 0 Å². The largest absolute Gasteiger partial charge is 0.491 e. The SMILES string of the molecule is COCCCCN(Cc1ccccc1)C(=O)Nc1ccc(OC(C)C)cc1. The lowest BCUT2D eigenvalue weighted by Crippen LogP contribution is -2.35. The van der Waals surface area contributed by atoms with Crippen LogP contribution in [0.15, 0.2) is 54.6 Å². The Morgan fingerprint density at radius 3 is 2.37 bits per heavy atom. The number of methoxy groups -OCH3 is 1. The summed E-state index contributed by atoms with van der Waals surface area (Å²) in [5, 5.41) is 2.98. The number of rotatable bonds is 10. The molecule has 0 bridgehead atoms. The lowest BCUT2D eigenvalue weighted by atomic mass is 10.2. The van der Waals surface area contributed by atoms with Crippen LogP contribution in [-0.4, -0.2) is 37.3 Å². The van der Waals surface area contributed by atoms with Crippen LogP contribution < -0.4 is 10.1 Å². The van der Waals surface area contributed by atoms with Gasteiger partial charge in [-0.25, -0.2) is 4.79 Å². The minimum absolute atomic E-state index is 0.103. The number of anilines is 1. The molecule has 2 rings (SSSR count). The summed E-state index contributed by atoms with van der Waals surface area (Å²) < 4.78 is 10.7. The van der Waals surface area contributed by atoms with Crippen LogP contribution in [-0.2, 0) is 11.3 Å². The molecule has 1 N–H and O–H groups in total. The zero-order chi connectivity index (χ0) is 19.5. The number of urea groups is 1. The van der Waals surface area contributed by atoms with Crippen molar-refractivity contribution in [3.05, 3.63) is 60.2 Å². The lowest BCUT2D eigenvalue weighted by Gasteiger charge is -2.23. The number of amides is 2. The first-order valence-corrected chi connectivity index (χ1v) is 9.44. The number of carbonyl (C=O) groups is 1. The molecule has 0 aliphatic rings. The van der Waals surface area contributed by atoms with Crippen molar-refractivity contribution in [3.8, 4) is 5.75 Å². The zero-order valence-electron chi connectivity index (χ0n) is 16.5. The van der Waals surface area contributed by atoms with Crippen LogP contribution in [0.4, 0.5) is 10.5 Å². The third kappa shape index (κ3) is 7.71. The van der Waals surface area contributed by atoms with Crippen LogP contribution in [0.5, 0.6) is 5.75 Å². The molecule has 146 valence electrons. The van der Waals surface area contributed by atoms with Gasteiger partial charge in [-0.3, -0.25) is 0 Å². The van der Waals surface area contributed by atoms with E-state index in [2.05, 4.69) is 5.32 Å². The highest BCUT2D eigenvalue weighted by Crippen LogP contribution is 2.18. The number of benzene rings is 2. The van der Waals surface area contributed by atoms with Gasteiger partial charge in [-0.2, -0.15) is 0 Å². The molecule has 0 aromatic heterocycles. The Morgan fingerprint density at radius 1 is 1.04 bits per heavy atom. The second-order valence-corrected chi connectivity index (χ2v) is 6.73. The zero-order valence-corrected chi connectivity index (χ0v) is 16.5. The van der Waals surface area contributed by atoms with Gasteiger partial charge >= 0.3 is 6.03 Å². The van der Waals surface area contributed by atoms with E-state index >= 15 is 0 Å². The van der Waals surface area contributed by atoms with Crippen molar-refractivity contribution in [2.24, 2.45) is 0 Å². The van der Waals surface area contributed by atoms with Gasteiger partial charge in [0.2, 0.25) is 0 Å². The maximum atomic E-state index is 12.8. The number of carbonyl (C=O) groups excluding carboxylic acids is 1. The van der Waals surface area contributed by atoms with Crippen molar-refractivity contribution >= 4 is 11.7 Å². The van der Waals surface area contributed by atoms with E-state index in [1.54, 1.807) is 7.11 Å². The molecular weight excluding hydrogens is 340 g/mol. The average Bonchev–Trinajstić information content (AvgIpc) is 2.66. The van der Waals surface area contributed by atoms with Gasteiger partial charge in [0.25, 0.3) is 0 Å². The van der Waals surface area contributed by atoms with Crippen molar-refractivity contribution in [2.75, 3.05) is 25.6 Å². The fourth-order valence-corrected chi connectivity index (χ4v) is 2.70. The van der Waals surface area contributed by atoms with Crippen LogP contribution >= 0.6 is 0 Å². The summed E-state index contributed by atoms with van der Waals surface area (Å²) in [6.07, 6.45) is 1.95. The molecule has 2 aromatic rings. The molecule has 5 heteroatoms. The van der Waals surface area contributed by atoms with Crippen molar-refractivity contribution in [2.45, 2.75) is 39.3 Å². The molecule has 0 spiro atoms. The van der Waals surface area contributed by atoms with Crippen LogP contribution in [0, 0.1) is 0 Å². The molecule has 0 atom stereocenters. The van der Waals surface area contributed by atoms with E-state index in [-0.39, 0.29) is 12.1 Å². The van der Waals surface area contributed by atoms with Gasteiger partial charge < -0.3 is 19.7 Å². The molecule has 0 radical (unpaired) electrons. The Balaban J connectivity index is 1.98. The molecule has 0 aliphatic heterocycles. The minimum Gasteiger partial charge on any atom is -0.491 e. The molecule has 0 saturated carbocycles. The second-order valence-electron chi connectivity index (χ2n) is 6.73. The van der Waals surface area contributed by atoms with E-state index in [1.165, 1.54) is 0 Å². The number of hydrogen-bond acceptors (Lipinski definition) is 3. The first kappa shape index (κ1) is 20.8. The van der Waals surface area contributed by atoms with Gasteiger partial charge in [0.05, 0.1) is 6.10 Å². The molecule has 2 aromatic carbocycles. The fraction of sp³-hybridized carbons (Fsp3) is 0.409. The highest BCUT2D eigenvalue weighted by atomic mass is 16.5. The summed E-state index contributed by atoms with van der Waals surface area (Å²) >= 11 is 0. The smallest absolute Gasteiger partial charge is 0.322 e. The maximum absolute atomic E-state index is 12.8. The molecule has 0 saturated heterocycles. The summed E-state index contributed by atoms with van der Waals surface area (Å²) in [7, 11) is 1.70. The Bertz CT molecular complexity index is 672. The van der Waals surface area contributed by atoms with Gasteiger partial charge in [-0.05, 0) is 56.5 Å². The second kappa shape index (κ2) is 11.2. The molecule has 2 amide bonds. The topological polar surface area (TPSA) is 50.8 Å². The van der Waals surface area contributed by atoms with Gasteiger partial charge in [0.15, 0.2) is 0 Å². The van der Waals surface area contributed by atoms with Crippen molar-refractivity contribution in [1.29, 1.82) is 0 Å². The van der Waals surface area contributed by atoms with Gasteiger partial charge in [-0.15, -0.1) is 0 Å². The van der Waals surface area contributed by atoms with Crippen LogP contribution in [0.3, 0.4) is 0 Å². The van der Waals surface area contributed by atoms with E-state index in [9.17, 15) is 4.79 Å². The summed E-state index contributed by atoms with van der Waals surface area (Å²) in [6, 6.07) is 17.4. The minimum atomic E-state index is -0.103. The monoisotopic (exact) mass is 370 g/mol. The van der Waals surface area contributed by atoms with E-state index in [0.29, 0.717) is 19.7 Å². The van der Waals surface area contributed by atoms with Crippen LogP contribution in [0.25, 0.3) is 0 Å². The summed E-state index contributed by atoms with van der Waals surface area (Å²) in [5.41, 5.74) is 1.87. The first-order valence-electron chi connectivity index (χ1n) is 9.44. The lowest BCUT2D eigenvalue weighted by molar-refractivity contribution is 0.182. The molecule has 27 heavy (non-hydrogen) atoms. The summed E-state index contributed by atoms with van der Waals surface area (Å²) in [5.74, 6) is 0.795. The third-order valence-corrected chi connectivity index (χ3v) is 4.01. The number of ether oxygens (including phenoxy) is 2. The first-order chi connectivity index (χ1) is 13.1. The maximum Gasteiger partial charge on any atom is 0.322 e. The van der Waals surface area contributed by atoms with Gasteiger partial charge in [0.1, 0.15) is 5.75 Å². The Kier molecular flexibility index (Phi) is 8.65. The summed E-state index contributed by atoms with van der Waals surface area (Å²) in [4.78, 5) is 14.6. The Morgan fingerprint density at radius 2 is 1.74 bits per heavy atom. The van der Waals surface area contributed by atoms with E-state index in [1.807, 2.05) is 73.3 Å². The molecule has 0 unspecified atom stereocenters. The van der Waals surface area contributed by atoms with Crippen LogP contribution in [0.2, 0.25) is 0 Å². The third-order valence-electron chi connectivity index (χ3n) is 4.01. The molecule has 0 fully saturated rings. The normalized spacial score (nSPS) is 10.7. The molecule has 0 heterocycles. The average molecular weight is 370 g/mol. The van der Waals surface area contributed by atoms with E-state index in [0.717, 1.165) is 29.8 Å². The number of unbranched alkanes of at least 4 members (excludes halogenated alkanes) is 1. The standard InChI is InChI=1S/C22H30N2O3/c1-18(2)27-21-13-11-20(12-14-21)23-22(25)24(15-7-8-16-26-3)17-19-9-5-4-6-10-19/h4-6,9-14,18H,7-8,15-17H2,1-3H3,(H,23,25). The molecule has 5 nitrogen and oxygen atoms in total. The number of hydrogen-bond donors (Lipinski definition) is 1. The number of nitrogens with one attached hydrogen (secondary N) is 1. The highest BCUT2D eigenvalue weighted by Gasteiger charge is 2.14. The Labute approximate surface area is 162 Å². The molecular formula is C22H30N2O3. The Hall–Kier alpha value is -2.53. The fourth-order valence-electron chi connectivity index (χ4n) is 2.70. The predicted octanol–water partition coefficient (Wildman–Crippen LogP) is 4.93. The van der Waals surface area contributed by atoms with E-state index in [4.69, 9.17) is 9.47 Å². The van der Waals surface area contributed by atoms with Gasteiger partial charge in [0, 0.05) is 32.5 Å². The predicted molar refractivity (Wildman–Crippen MR) is 109 cm³/mol. The molecule has 0 aliphatic carbocycles. The van der Waals surface area contributed by atoms with Crippen molar-refractivity contribution < 1.29 is 14.3 Å². The van der Waals surface area contributed by atoms with Gasteiger partial charge in [-0.1, -0.05) is 30.3 Å². The van der Waals surface area contributed by atoms with E-state index < -0.39 is 0 Å². The summed E-state index contributed by atoms with van der Waals surface area (Å²) in [6.45, 7) is 5.94. The van der Waals surface area contributed by atoms with Crippen LogP contribution in [0.1, 0.15) is 32.3 Å². The number of nitrogens with zero attached hydrogens (tertiary/aromatic N) is 1. The van der Waals surface area contributed by atoms with Crippen molar-refractivity contribution in [1.82, 2.24) is 4.90 Å².